The number of carboxylic acid groups (broad SMARTS) is 1. The maximum atomic E-state index is 11.2. The molecule has 1 aromatic carbocycles. The Morgan fingerprint density at radius 2 is 1.83 bits per heavy atom. The molecule has 1 atom stereocenters. The fraction of sp³-hybridized carbons (Fsp3) is 0.500. The molecule has 0 radical (unpaired) electrons. The third-order valence-electron chi connectivity index (χ3n) is 4.54. The molecule has 1 saturated carbocycles. The molecular formula is C20H27NO3. The fourth-order valence-electron chi connectivity index (χ4n) is 3.03. The lowest BCUT2D eigenvalue weighted by Gasteiger charge is -2.32. The van der Waals surface area contributed by atoms with Crippen LogP contribution in [0.4, 0.5) is 0 Å². The quantitative estimate of drug-likeness (QED) is 0.665. The normalized spacial score (nSPS) is 15.4. The molecule has 2 rings (SSSR count). The summed E-state index contributed by atoms with van der Waals surface area (Å²) in [5, 5.41) is 9.18. The van der Waals surface area contributed by atoms with Crippen LogP contribution in [0.25, 0.3) is 0 Å². The number of terminal acetylenes is 1. The molecule has 1 aliphatic rings. The van der Waals surface area contributed by atoms with E-state index in [4.69, 9.17) is 6.42 Å². The van der Waals surface area contributed by atoms with Crippen molar-refractivity contribution in [2.24, 2.45) is 5.92 Å². The lowest BCUT2D eigenvalue weighted by molar-refractivity contribution is -0.149. The van der Waals surface area contributed by atoms with E-state index in [0.717, 1.165) is 32.1 Å². The maximum absolute atomic E-state index is 11.2. The highest BCUT2D eigenvalue weighted by Crippen LogP contribution is 2.28. The molecule has 1 fully saturated rings. The number of aryl methyl sites for hydroxylation is 2. The SMILES string of the molecule is C#CCN(C=O)C(C(=O)O)C1CCCCC1.Cc1ccccc1C. The Hall–Kier alpha value is -2.28. The highest BCUT2D eigenvalue weighted by Gasteiger charge is 2.33. The van der Waals surface area contributed by atoms with Gasteiger partial charge in [-0.2, -0.15) is 0 Å². The summed E-state index contributed by atoms with van der Waals surface area (Å²) >= 11 is 0. The van der Waals surface area contributed by atoms with E-state index in [2.05, 4.69) is 44.0 Å². The predicted octanol–water partition coefficient (Wildman–Crippen LogP) is 3.41. The molecule has 0 bridgehead atoms. The zero-order valence-corrected chi connectivity index (χ0v) is 14.6. The summed E-state index contributed by atoms with van der Waals surface area (Å²) in [5.74, 6) is 1.42. The molecule has 0 aliphatic heterocycles. The molecule has 1 aromatic rings. The molecule has 1 amide bonds. The number of carbonyl (C=O) groups is 2. The van der Waals surface area contributed by atoms with Gasteiger partial charge in [-0.1, -0.05) is 49.4 Å². The van der Waals surface area contributed by atoms with E-state index >= 15 is 0 Å². The molecule has 4 nitrogen and oxygen atoms in total. The van der Waals surface area contributed by atoms with Gasteiger partial charge in [0.2, 0.25) is 6.41 Å². The van der Waals surface area contributed by atoms with E-state index in [1.54, 1.807) is 0 Å². The van der Waals surface area contributed by atoms with Gasteiger partial charge >= 0.3 is 5.97 Å². The Balaban J connectivity index is 0.000000300. The number of rotatable bonds is 5. The lowest BCUT2D eigenvalue weighted by atomic mass is 9.83. The van der Waals surface area contributed by atoms with E-state index in [-0.39, 0.29) is 12.5 Å². The van der Waals surface area contributed by atoms with Crippen molar-refractivity contribution < 1.29 is 14.7 Å². The van der Waals surface area contributed by atoms with Gasteiger partial charge in [0.1, 0.15) is 6.04 Å². The maximum Gasteiger partial charge on any atom is 0.326 e. The van der Waals surface area contributed by atoms with E-state index < -0.39 is 12.0 Å². The molecule has 1 N–H and O–H groups in total. The monoisotopic (exact) mass is 329 g/mol. The molecule has 1 unspecified atom stereocenters. The highest BCUT2D eigenvalue weighted by molar-refractivity contribution is 5.76. The Morgan fingerprint density at radius 1 is 1.29 bits per heavy atom. The Labute approximate surface area is 144 Å². The molecule has 0 heterocycles. The average molecular weight is 329 g/mol. The van der Waals surface area contributed by atoms with Gasteiger partial charge in [-0.05, 0) is 43.7 Å². The van der Waals surface area contributed by atoms with Gasteiger partial charge in [-0.15, -0.1) is 6.42 Å². The summed E-state index contributed by atoms with van der Waals surface area (Å²) in [6.45, 7) is 4.31. The second-order valence-corrected chi connectivity index (χ2v) is 6.25. The van der Waals surface area contributed by atoms with Gasteiger partial charge in [-0.25, -0.2) is 4.79 Å². The molecule has 0 spiro atoms. The van der Waals surface area contributed by atoms with Crippen molar-refractivity contribution in [2.45, 2.75) is 52.0 Å². The van der Waals surface area contributed by atoms with Gasteiger partial charge < -0.3 is 10.0 Å². The number of benzene rings is 1. The molecule has 0 saturated heterocycles. The number of nitrogens with zero attached hydrogens (tertiary/aromatic N) is 1. The minimum Gasteiger partial charge on any atom is -0.480 e. The summed E-state index contributed by atoms with van der Waals surface area (Å²) in [4.78, 5) is 23.3. The van der Waals surface area contributed by atoms with Crippen LogP contribution >= 0.6 is 0 Å². The fourth-order valence-corrected chi connectivity index (χ4v) is 3.03. The molecule has 4 heteroatoms. The van der Waals surface area contributed by atoms with Crippen molar-refractivity contribution in [1.82, 2.24) is 4.90 Å². The van der Waals surface area contributed by atoms with Crippen LogP contribution in [0.5, 0.6) is 0 Å². The number of aliphatic carboxylic acids is 1. The van der Waals surface area contributed by atoms with Crippen LogP contribution in [0.1, 0.15) is 43.2 Å². The second-order valence-electron chi connectivity index (χ2n) is 6.25. The third-order valence-corrected chi connectivity index (χ3v) is 4.54. The summed E-state index contributed by atoms with van der Waals surface area (Å²) in [5.41, 5.74) is 2.74. The number of hydrogen-bond donors (Lipinski definition) is 1. The van der Waals surface area contributed by atoms with Crippen LogP contribution in [0.2, 0.25) is 0 Å². The Morgan fingerprint density at radius 3 is 2.21 bits per heavy atom. The van der Waals surface area contributed by atoms with Gasteiger partial charge in [0.25, 0.3) is 0 Å². The van der Waals surface area contributed by atoms with Gasteiger partial charge in [-0.3, -0.25) is 4.79 Å². The number of carbonyl (C=O) groups excluding carboxylic acids is 1. The van der Waals surface area contributed by atoms with Crippen LogP contribution in [-0.4, -0.2) is 35.0 Å². The predicted molar refractivity (Wildman–Crippen MR) is 95.5 cm³/mol. The molecular weight excluding hydrogens is 302 g/mol. The molecule has 24 heavy (non-hydrogen) atoms. The number of hydrogen-bond acceptors (Lipinski definition) is 2. The zero-order chi connectivity index (χ0) is 17.9. The van der Waals surface area contributed by atoms with Crippen molar-refractivity contribution in [3.63, 3.8) is 0 Å². The zero-order valence-electron chi connectivity index (χ0n) is 14.6. The van der Waals surface area contributed by atoms with Crippen LogP contribution in [0, 0.1) is 32.1 Å². The standard InChI is InChI=1S/C12H17NO3.C8H10/c1-2-8-13(9-14)11(12(15)16)10-6-4-3-5-7-10;1-7-5-3-4-6-8(7)2/h1,9-11H,3-8H2,(H,15,16);3-6H,1-2H3. The van der Waals surface area contributed by atoms with Crippen molar-refractivity contribution >= 4 is 12.4 Å². The largest absolute Gasteiger partial charge is 0.480 e. The number of carboxylic acids is 1. The summed E-state index contributed by atoms with van der Waals surface area (Å²) in [6.07, 6.45) is 10.6. The van der Waals surface area contributed by atoms with Crippen molar-refractivity contribution in [3.8, 4) is 12.3 Å². The van der Waals surface area contributed by atoms with Crippen LogP contribution in [0.15, 0.2) is 24.3 Å². The van der Waals surface area contributed by atoms with E-state index in [1.807, 2.05) is 0 Å². The van der Waals surface area contributed by atoms with E-state index in [0.29, 0.717) is 6.41 Å². The van der Waals surface area contributed by atoms with Crippen molar-refractivity contribution in [3.05, 3.63) is 35.4 Å². The summed E-state index contributed by atoms with van der Waals surface area (Å²) in [6, 6.07) is 7.60. The van der Waals surface area contributed by atoms with Crippen LogP contribution in [-0.2, 0) is 9.59 Å². The highest BCUT2D eigenvalue weighted by atomic mass is 16.4. The topological polar surface area (TPSA) is 57.6 Å². The molecule has 1 aliphatic carbocycles. The smallest absolute Gasteiger partial charge is 0.326 e. The third kappa shape index (κ3) is 6.08. The Kier molecular flexibility index (Phi) is 8.64. The van der Waals surface area contributed by atoms with Crippen LogP contribution < -0.4 is 0 Å². The van der Waals surface area contributed by atoms with Gasteiger partial charge in [0.05, 0.1) is 6.54 Å². The van der Waals surface area contributed by atoms with Gasteiger partial charge in [0, 0.05) is 0 Å². The van der Waals surface area contributed by atoms with E-state index in [9.17, 15) is 14.7 Å². The minimum atomic E-state index is -0.950. The van der Waals surface area contributed by atoms with Crippen LogP contribution in [0.3, 0.4) is 0 Å². The number of amides is 1. The van der Waals surface area contributed by atoms with Gasteiger partial charge in [0.15, 0.2) is 0 Å². The summed E-state index contributed by atoms with van der Waals surface area (Å²) in [7, 11) is 0. The first-order valence-electron chi connectivity index (χ1n) is 8.40. The lowest BCUT2D eigenvalue weighted by Crippen LogP contribution is -2.46. The summed E-state index contributed by atoms with van der Waals surface area (Å²) < 4.78 is 0. The molecule has 0 aromatic heterocycles. The first-order valence-corrected chi connectivity index (χ1v) is 8.40. The van der Waals surface area contributed by atoms with E-state index in [1.165, 1.54) is 16.0 Å². The minimum absolute atomic E-state index is 0.0461. The molecule has 130 valence electrons. The first-order chi connectivity index (χ1) is 11.5. The van der Waals surface area contributed by atoms with Crippen molar-refractivity contribution in [1.29, 1.82) is 0 Å². The first kappa shape index (κ1) is 19.8. The Bertz CT molecular complexity index is 549. The van der Waals surface area contributed by atoms with Crippen molar-refractivity contribution in [2.75, 3.05) is 6.54 Å². The second kappa shape index (κ2) is 10.5. The average Bonchev–Trinajstić information content (AvgIpc) is 2.58.